The average molecular weight is 548 g/mol. The Balaban J connectivity index is 1.76. The summed E-state index contributed by atoms with van der Waals surface area (Å²) in [7, 11) is -1.09. The molecule has 1 aliphatic heterocycles. The highest BCUT2D eigenvalue weighted by Crippen LogP contribution is 2.35. The fourth-order valence-corrected chi connectivity index (χ4v) is 6.26. The van der Waals surface area contributed by atoms with E-state index in [2.05, 4.69) is 10.6 Å². The van der Waals surface area contributed by atoms with Gasteiger partial charge < -0.3 is 20.3 Å². The highest BCUT2D eigenvalue weighted by atomic mass is 35.5. The van der Waals surface area contributed by atoms with Gasteiger partial charge in [-0.05, 0) is 48.6 Å². The zero-order chi connectivity index (χ0) is 27.0. The largest absolute Gasteiger partial charge is 0.392 e. The van der Waals surface area contributed by atoms with Gasteiger partial charge in [0.1, 0.15) is 5.69 Å². The number of aryl methyl sites for hydroxylation is 2. The number of benzene rings is 2. The SMILES string of the molecule is CNC(=O)NS(=O)(=O)N1CCCC(NC(=O)c2cc3c(Cl)c(C)ccc3n2C)(c2cccc(CO)c2)C1. The Hall–Kier alpha value is -3.12. The van der Waals surface area contributed by atoms with Gasteiger partial charge in [0.15, 0.2) is 0 Å². The molecule has 4 rings (SSSR count). The fourth-order valence-electron chi connectivity index (χ4n) is 4.82. The molecule has 4 N–H and O–H groups in total. The number of hydrogen-bond acceptors (Lipinski definition) is 5. The molecule has 3 amide bonds. The van der Waals surface area contributed by atoms with Crippen LogP contribution in [0.2, 0.25) is 5.02 Å². The van der Waals surface area contributed by atoms with Gasteiger partial charge in [0, 0.05) is 38.1 Å². The third kappa shape index (κ3) is 5.17. The van der Waals surface area contributed by atoms with Crippen LogP contribution < -0.4 is 15.4 Å². The number of urea groups is 1. The predicted octanol–water partition coefficient (Wildman–Crippen LogP) is 2.53. The Kier molecular flexibility index (Phi) is 7.52. The Morgan fingerprint density at radius 3 is 2.65 bits per heavy atom. The third-order valence-corrected chi connectivity index (χ3v) is 8.78. The first-order valence-electron chi connectivity index (χ1n) is 11.8. The summed E-state index contributed by atoms with van der Waals surface area (Å²) < 4.78 is 30.8. The number of halogens is 1. The number of aliphatic hydroxyl groups excluding tert-OH is 1. The standard InChI is InChI=1S/C25H30ClN5O5S/c1-16-8-9-20-19(22(16)26)13-21(30(20)3)23(33)28-25(18-7-4-6-17(12-18)14-32)10-5-11-31(15-25)37(35,36)29-24(34)27-2/h4,6-9,12-13,32H,5,10-11,14-15H2,1-3H3,(H,28,33)(H2,27,29,34). The molecular weight excluding hydrogens is 518 g/mol. The minimum Gasteiger partial charge on any atom is -0.392 e. The maximum absolute atomic E-state index is 13.7. The van der Waals surface area contributed by atoms with E-state index >= 15 is 0 Å². The van der Waals surface area contributed by atoms with Crippen LogP contribution in [0.5, 0.6) is 0 Å². The summed E-state index contributed by atoms with van der Waals surface area (Å²) in [6, 6.07) is 11.7. The van der Waals surface area contributed by atoms with Crippen LogP contribution in [-0.2, 0) is 29.4 Å². The molecule has 3 aromatic rings. The van der Waals surface area contributed by atoms with E-state index in [9.17, 15) is 23.1 Å². The maximum Gasteiger partial charge on any atom is 0.329 e. The molecule has 0 spiro atoms. The highest BCUT2D eigenvalue weighted by molar-refractivity contribution is 7.87. The smallest absolute Gasteiger partial charge is 0.329 e. The Morgan fingerprint density at radius 1 is 1.19 bits per heavy atom. The molecule has 1 aromatic heterocycles. The number of carbonyl (C=O) groups is 2. The van der Waals surface area contributed by atoms with Crippen molar-refractivity contribution in [1.82, 2.24) is 24.2 Å². The van der Waals surface area contributed by atoms with Gasteiger partial charge in [0.2, 0.25) is 0 Å². The normalized spacial score (nSPS) is 18.5. The summed E-state index contributed by atoms with van der Waals surface area (Å²) in [6.45, 7) is 1.75. The van der Waals surface area contributed by atoms with Gasteiger partial charge in [-0.1, -0.05) is 41.9 Å². The van der Waals surface area contributed by atoms with Gasteiger partial charge in [-0.25, -0.2) is 9.52 Å². The molecule has 0 radical (unpaired) electrons. The van der Waals surface area contributed by atoms with Crippen LogP contribution in [0.15, 0.2) is 42.5 Å². The van der Waals surface area contributed by atoms with E-state index in [0.717, 1.165) is 20.8 Å². The summed E-state index contributed by atoms with van der Waals surface area (Å²) in [5.74, 6) is -0.402. The van der Waals surface area contributed by atoms with Crippen LogP contribution in [0.3, 0.4) is 0 Å². The van der Waals surface area contributed by atoms with Gasteiger partial charge >= 0.3 is 16.2 Å². The Bertz CT molecular complexity index is 1470. The summed E-state index contributed by atoms with van der Waals surface area (Å²) in [6.07, 6.45) is 0.877. The van der Waals surface area contributed by atoms with Crippen LogP contribution in [0, 0.1) is 6.92 Å². The number of hydrogen-bond donors (Lipinski definition) is 4. The summed E-state index contributed by atoms with van der Waals surface area (Å²) in [4.78, 5) is 25.5. The third-order valence-electron chi connectivity index (χ3n) is 6.85. The molecule has 0 saturated carbocycles. The Labute approximate surface area is 220 Å². The molecule has 10 nitrogen and oxygen atoms in total. The average Bonchev–Trinajstić information content (AvgIpc) is 3.23. The van der Waals surface area contributed by atoms with Crippen molar-refractivity contribution in [2.75, 3.05) is 20.1 Å². The van der Waals surface area contributed by atoms with Gasteiger partial charge in [-0.15, -0.1) is 0 Å². The maximum atomic E-state index is 13.7. The van der Waals surface area contributed by atoms with E-state index in [0.29, 0.717) is 34.7 Å². The van der Waals surface area contributed by atoms with Crippen molar-refractivity contribution in [2.24, 2.45) is 7.05 Å². The molecule has 1 fully saturated rings. The molecular formula is C25H30ClN5O5S. The minimum atomic E-state index is -4.18. The van der Waals surface area contributed by atoms with Gasteiger partial charge in [0.25, 0.3) is 5.91 Å². The zero-order valence-electron chi connectivity index (χ0n) is 20.8. The monoisotopic (exact) mass is 547 g/mol. The van der Waals surface area contributed by atoms with Gasteiger partial charge in [-0.2, -0.15) is 12.7 Å². The molecule has 1 saturated heterocycles. The van der Waals surface area contributed by atoms with Crippen molar-refractivity contribution in [3.05, 3.63) is 69.9 Å². The van der Waals surface area contributed by atoms with Crippen LogP contribution in [0.25, 0.3) is 10.9 Å². The molecule has 1 unspecified atom stereocenters. The number of fused-ring (bicyclic) bond motifs is 1. The number of rotatable bonds is 6. The van der Waals surface area contributed by atoms with E-state index in [-0.39, 0.29) is 19.7 Å². The number of aromatic nitrogens is 1. The number of nitrogens with zero attached hydrogens (tertiary/aromatic N) is 2. The summed E-state index contributed by atoms with van der Waals surface area (Å²) >= 11 is 6.51. The van der Waals surface area contributed by atoms with Crippen molar-refractivity contribution in [1.29, 1.82) is 0 Å². The molecule has 2 aromatic carbocycles. The molecule has 2 heterocycles. The van der Waals surface area contributed by atoms with Gasteiger partial charge in [0.05, 0.1) is 17.2 Å². The first-order chi connectivity index (χ1) is 17.5. The summed E-state index contributed by atoms with van der Waals surface area (Å²) in [5, 5.41) is 16.4. The lowest BCUT2D eigenvalue weighted by molar-refractivity contribution is 0.0835. The molecule has 0 aliphatic carbocycles. The van der Waals surface area contributed by atoms with Gasteiger partial charge in [-0.3, -0.25) is 4.79 Å². The van der Waals surface area contributed by atoms with Crippen molar-refractivity contribution >= 4 is 44.7 Å². The zero-order valence-corrected chi connectivity index (χ0v) is 22.4. The molecule has 1 atom stereocenters. The Morgan fingerprint density at radius 2 is 1.95 bits per heavy atom. The van der Waals surface area contributed by atoms with E-state index in [4.69, 9.17) is 11.6 Å². The van der Waals surface area contributed by atoms with Crippen molar-refractivity contribution in [3.63, 3.8) is 0 Å². The number of carbonyl (C=O) groups excluding carboxylic acids is 2. The highest BCUT2D eigenvalue weighted by Gasteiger charge is 2.43. The van der Waals surface area contributed by atoms with Crippen LogP contribution in [0.4, 0.5) is 4.79 Å². The molecule has 0 bridgehead atoms. The second-order valence-corrected chi connectivity index (χ2v) is 11.3. The topological polar surface area (TPSA) is 133 Å². The number of amides is 3. The molecule has 198 valence electrons. The fraction of sp³-hybridized carbons (Fsp3) is 0.360. The predicted molar refractivity (Wildman–Crippen MR) is 141 cm³/mol. The lowest BCUT2D eigenvalue weighted by Gasteiger charge is -2.43. The molecule has 37 heavy (non-hydrogen) atoms. The van der Waals surface area contributed by atoms with Crippen molar-refractivity contribution in [3.8, 4) is 0 Å². The van der Waals surface area contributed by atoms with E-state index in [1.54, 1.807) is 41.9 Å². The first-order valence-corrected chi connectivity index (χ1v) is 13.6. The number of piperidine rings is 1. The van der Waals surface area contributed by atoms with Crippen LogP contribution in [-0.4, -0.2) is 54.5 Å². The minimum absolute atomic E-state index is 0.107. The number of aliphatic hydroxyl groups is 1. The summed E-state index contributed by atoms with van der Waals surface area (Å²) in [5.41, 5.74) is 2.21. The second kappa shape index (κ2) is 10.3. The second-order valence-electron chi connectivity index (χ2n) is 9.24. The number of nitrogens with one attached hydrogen (secondary N) is 3. The molecule has 1 aliphatic rings. The van der Waals surface area contributed by atoms with E-state index in [1.165, 1.54) is 7.05 Å². The lowest BCUT2D eigenvalue weighted by Crippen LogP contribution is -2.60. The first kappa shape index (κ1) is 26.9. The van der Waals surface area contributed by atoms with Crippen LogP contribution >= 0.6 is 11.6 Å². The van der Waals surface area contributed by atoms with Crippen LogP contribution in [0.1, 0.15) is 40.0 Å². The lowest BCUT2D eigenvalue weighted by atomic mass is 9.82. The van der Waals surface area contributed by atoms with Crippen molar-refractivity contribution in [2.45, 2.75) is 31.9 Å². The van der Waals surface area contributed by atoms with Crippen molar-refractivity contribution < 1.29 is 23.1 Å². The molecule has 12 heteroatoms. The van der Waals surface area contributed by atoms with E-state index in [1.807, 2.05) is 23.8 Å². The quantitative estimate of drug-likeness (QED) is 0.376. The van der Waals surface area contributed by atoms with E-state index < -0.39 is 27.7 Å².